The molecule has 0 spiro atoms. The summed E-state index contributed by atoms with van der Waals surface area (Å²) in [5.74, 6) is 0.0255. The molecule has 0 saturated heterocycles. The van der Waals surface area contributed by atoms with Crippen molar-refractivity contribution in [2.24, 2.45) is 0 Å². The molecule has 0 fully saturated rings. The molecule has 0 saturated carbocycles. The zero-order valence-electron chi connectivity index (χ0n) is 8.15. The third kappa shape index (κ3) is 2.37. The summed E-state index contributed by atoms with van der Waals surface area (Å²) in [6.07, 6.45) is 0.201. The Hall–Kier alpha value is -1.46. The SMILES string of the molecule is OCc1nc(Cc2ccc(Cl)cc2F)no1. The van der Waals surface area contributed by atoms with E-state index >= 15 is 0 Å². The van der Waals surface area contributed by atoms with Gasteiger partial charge in [0.1, 0.15) is 12.4 Å². The molecule has 0 amide bonds. The molecular weight excluding hydrogens is 235 g/mol. The standard InChI is InChI=1S/C10H8ClFN2O2/c11-7-2-1-6(8(12)4-7)3-9-13-10(5-15)16-14-9/h1-2,4,15H,3,5H2. The van der Waals surface area contributed by atoms with Crippen LogP contribution >= 0.6 is 11.6 Å². The minimum atomic E-state index is -0.414. The van der Waals surface area contributed by atoms with Crippen molar-refractivity contribution in [3.05, 3.63) is 46.3 Å². The number of benzene rings is 1. The van der Waals surface area contributed by atoms with Gasteiger partial charge >= 0.3 is 0 Å². The lowest BCUT2D eigenvalue weighted by molar-refractivity contribution is 0.222. The molecule has 0 aliphatic carbocycles. The first-order chi connectivity index (χ1) is 7.69. The molecule has 4 nitrogen and oxygen atoms in total. The molecule has 16 heavy (non-hydrogen) atoms. The van der Waals surface area contributed by atoms with Crippen LogP contribution in [0.2, 0.25) is 5.02 Å². The number of aliphatic hydroxyl groups excluding tert-OH is 1. The van der Waals surface area contributed by atoms with Crippen LogP contribution in [0.25, 0.3) is 0 Å². The van der Waals surface area contributed by atoms with Gasteiger partial charge in [-0.1, -0.05) is 22.8 Å². The molecule has 2 aromatic rings. The van der Waals surface area contributed by atoms with Crippen LogP contribution in [0.4, 0.5) is 4.39 Å². The molecule has 1 N–H and O–H groups in total. The van der Waals surface area contributed by atoms with E-state index in [1.165, 1.54) is 6.07 Å². The molecule has 0 bridgehead atoms. The van der Waals surface area contributed by atoms with Gasteiger partial charge in [0.05, 0.1) is 0 Å². The first-order valence-corrected chi connectivity index (χ1v) is 4.93. The van der Waals surface area contributed by atoms with E-state index in [0.29, 0.717) is 16.4 Å². The maximum atomic E-state index is 13.4. The molecule has 1 heterocycles. The van der Waals surface area contributed by atoms with Crippen molar-refractivity contribution in [2.75, 3.05) is 0 Å². The van der Waals surface area contributed by atoms with E-state index in [1.54, 1.807) is 12.1 Å². The van der Waals surface area contributed by atoms with Gasteiger partial charge in [-0.05, 0) is 17.7 Å². The van der Waals surface area contributed by atoms with Crippen LogP contribution in [-0.2, 0) is 13.0 Å². The fourth-order valence-corrected chi connectivity index (χ4v) is 1.42. The van der Waals surface area contributed by atoms with Crippen LogP contribution in [0.15, 0.2) is 22.7 Å². The number of aliphatic hydroxyl groups is 1. The molecule has 1 aromatic carbocycles. The average Bonchev–Trinajstić information content (AvgIpc) is 2.70. The Morgan fingerprint density at radius 2 is 2.25 bits per heavy atom. The summed E-state index contributed by atoms with van der Waals surface area (Å²) in [7, 11) is 0. The molecule has 0 atom stereocenters. The van der Waals surface area contributed by atoms with Gasteiger partial charge in [0, 0.05) is 11.4 Å². The summed E-state index contributed by atoms with van der Waals surface area (Å²) in [5.41, 5.74) is 0.426. The van der Waals surface area contributed by atoms with Crippen LogP contribution < -0.4 is 0 Å². The molecular formula is C10H8ClFN2O2. The zero-order chi connectivity index (χ0) is 11.5. The smallest absolute Gasteiger partial charge is 0.252 e. The number of nitrogens with zero attached hydrogens (tertiary/aromatic N) is 2. The van der Waals surface area contributed by atoms with E-state index in [4.69, 9.17) is 16.7 Å². The minimum Gasteiger partial charge on any atom is -0.387 e. The fourth-order valence-electron chi connectivity index (χ4n) is 1.26. The Balaban J connectivity index is 2.20. The minimum absolute atomic E-state index is 0.115. The molecule has 84 valence electrons. The quantitative estimate of drug-likeness (QED) is 0.894. The van der Waals surface area contributed by atoms with Crippen LogP contribution in [0.5, 0.6) is 0 Å². The van der Waals surface area contributed by atoms with Gasteiger partial charge < -0.3 is 9.63 Å². The number of rotatable bonds is 3. The van der Waals surface area contributed by atoms with Crippen molar-refractivity contribution >= 4 is 11.6 Å². The maximum absolute atomic E-state index is 13.4. The van der Waals surface area contributed by atoms with E-state index in [1.807, 2.05) is 0 Å². The van der Waals surface area contributed by atoms with Crippen LogP contribution in [-0.4, -0.2) is 15.2 Å². The highest BCUT2D eigenvalue weighted by molar-refractivity contribution is 6.30. The van der Waals surface area contributed by atoms with Crippen LogP contribution in [0, 0.1) is 5.82 Å². The topological polar surface area (TPSA) is 59.2 Å². The van der Waals surface area contributed by atoms with Crippen molar-refractivity contribution in [1.29, 1.82) is 0 Å². The Bertz CT molecular complexity index is 501. The van der Waals surface area contributed by atoms with Gasteiger partial charge in [-0.3, -0.25) is 0 Å². The lowest BCUT2D eigenvalue weighted by atomic mass is 10.1. The van der Waals surface area contributed by atoms with E-state index in [9.17, 15) is 4.39 Å². The van der Waals surface area contributed by atoms with E-state index in [2.05, 4.69) is 14.7 Å². The molecule has 0 aliphatic rings. The lowest BCUT2D eigenvalue weighted by Crippen LogP contribution is -1.95. The lowest BCUT2D eigenvalue weighted by Gasteiger charge is -1.99. The van der Waals surface area contributed by atoms with E-state index in [0.717, 1.165) is 0 Å². The fraction of sp³-hybridized carbons (Fsp3) is 0.200. The number of halogens is 2. The summed E-state index contributed by atoms with van der Waals surface area (Å²) >= 11 is 5.62. The third-order valence-corrected chi connectivity index (χ3v) is 2.24. The van der Waals surface area contributed by atoms with Gasteiger partial charge in [0.2, 0.25) is 0 Å². The van der Waals surface area contributed by atoms with Crippen molar-refractivity contribution < 1.29 is 14.0 Å². The highest BCUT2D eigenvalue weighted by Crippen LogP contribution is 2.16. The summed E-state index contributed by atoms with van der Waals surface area (Å²) in [6.45, 7) is -0.323. The first kappa shape index (κ1) is 11.0. The van der Waals surface area contributed by atoms with Gasteiger partial charge in [-0.15, -0.1) is 0 Å². The monoisotopic (exact) mass is 242 g/mol. The Labute approximate surface area is 95.7 Å². The van der Waals surface area contributed by atoms with Crippen LogP contribution in [0.3, 0.4) is 0 Å². The summed E-state index contributed by atoms with van der Waals surface area (Å²) in [6, 6.07) is 4.38. The van der Waals surface area contributed by atoms with E-state index < -0.39 is 5.82 Å². The number of aromatic nitrogens is 2. The number of hydrogen-bond donors (Lipinski definition) is 1. The summed E-state index contributed by atoms with van der Waals surface area (Å²) in [5, 5.41) is 12.7. The van der Waals surface area contributed by atoms with Gasteiger partial charge in [-0.25, -0.2) is 4.39 Å². The third-order valence-electron chi connectivity index (χ3n) is 2.01. The molecule has 2 rings (SSSR count). The largest absolute Gasteiger partial charge is 0.387 e. The second kappa shape index (κ2) is 4.59. The molecule has 0 aliphatic heterocycles. The second-order valence-corrected chi connectivity index (χ2v) is 3.61. The zero-order valence-corrected chi connectivity index (χ0v) is 8.91. The Morgan fingerprint density at radius 1 is 1.44 bits per heavy atom. The van der Waals surface area contributed by atoms with Gasteiger partial charge in [0.25, 0.3) is 5.89 Å². The van der Waals surface area contributed by atoms with Crippen LogP contribution in [0.1, 0.15) is 17.3 Å². The van der Waals surface area contributed by atoms with Crippen molar-refractivity contribution in [1.82, 2.24) is 10.1 Å². The van der Waals surface area contributed by atoms with Crippen molar-refractivity contribution in [3.63, 3.8) is 0 Å². The highest BCUT2D eigenvalue weighted by atomic mass is 35.5. The van der Waals surface area contributed by atoms with E-state index in [-0.39, 0.29) is 18.9 Å². The first-order valence-electron chi connectivity index (χ1n) is 4.55. The molecule has 0 radical (unpaired) electrons. The molecule has 6 heteroatoms. The molecule has 1 aromatic heterocycles. The summed E-state index contributed by atoms with van der Waals surface area (Å²) in [4.78, 5) is 3.86. The Morgan fingerprint density at radius 3 is 2.88 bits per heavy atom. The predicted octanol–water partition coefficient (Wildman–Crippen LogP) is 1.95. The highest BCUT2D eigenvalue weighted by Gasteiger charge is 2.09. The van der Waals surface area contributed by atoms with Gasteiger partial charge in [0.15, 0.2) is 5.82 Å². The van der Waals surface area contributed by atoms with Crippen molar-refractivity contribution in [2.45, 2.75) is 13.0 Å². The number of hydrogen-bond acceptors (Lipinski definition) is 4. The van der Waals surface area contributed by atoms with Gasteiger partial charge in [-0.2, -0.15) is 4.98 Å². The predicted molar refractivity (Wildman–Crippen MR) is 54.4 cm³/mol. The Kier molecular flexibility index (Phi) is 3.17. The average molecular weight is 243 g/mol. The molecule has 0 unspecified atom stereocenters. The normalized spacial score (nSPS) is 10.7. The second-order valence-electron chi connectivity index (χ2n) is 3.17. The summed E-state index contributed by atoms with van der Waals surface area (Å²) < 4.78 is 18.1. The van der Waals surface area contributed by atoms with Crippen molar-refractivity contribution in [3.8, 4) is 0 Å². The maximum Gasteiger partial charge on any atom is 0.252 e.